The molecule has 1 N–H and O–H groups in total. The number of aromatic nitrogens is 3. The van der Waals surface area contributed by atoms with Crippen LogP contribution in [0.15, 0.2) is 24.7 Å². The van der Waals surface area contributed by atoms with E-state index in [1.54, 1.807) is 11.3 Å². The normalized spacial score (nSPS) is 14.8. The summed E-state index contributed by atoms with van der Waals surface area (Å²) in [6.45, 7) is 7.26. The van der Waals surface area contributed by atoms with Gasteiger partial charge in [-0.3, -0.25) is 4.68 Å². The molecule has 2 rings (SSSR count). The minimum absolute atomic E-state index is 0.346. The summed E-state index contributed by atoms with van der Waals surface area (Å²) in [5, 5.41) is 8.89. The van der Waals surface area contributed by atoms with Crippen molar-refractivity contribution in [2.75, 3.05) is 0 Å². The van der Waals surface area contributed by atoms with E-state index < -0.39 is 0 Å². The van der Waals surface area contributed by atoms with Gasteiger partial charge < -0.3 is 5.32 Å². The van der Waals surface area contributed by atoms with Crippen molar-refractivity contribution in [1.29, 1.82) is 0 Å². The molecule has 2 heterocycles. The molecule has 4 nitrogen and oxygen atoms in total. The first-order valence-corrected chi connectivity index (χ1v) is 6.62. The molecule has 2 aromatic heterocycles. The molecule has 0 aliphatic rings. The average Bonchev–Trinajstić information content (AvgIpc) is 2.95. The highest BCUT2D eigenvalue weighted by molar-refractivity contribution is 7.11. The predicted molar refractivity (Wildman–Crippen MR) is 70.1 cm³/mol. The average molecular weight is 250 g/mol. The lowest BCUT2D eigenvalue weighted by atomic mass is 10.2. The van der Waals surface area contributed by atoms with Crippen molar-refractivity contribution in [2.45, 2.75) is 39.4 Å². The van der Waals surface area contributed by atoms with Crippen molar-refractivity contribution in [3.8, 4) is 0 Å². The SMILES string of the molecule is Cc1ncc(CN[C@@H](C)[C@H](C)n2cccn2)s1. The van der Waals surface area contributed by atoms with E-state index in [9.17, 15) is 0 Å². The van der Waals surface area contributed by atoms with Gasteiger partial charge in [-0.05, 0) is 26.8 Å². The zero-order valence-corrected chi connectivity index (χ0v) is 11.2. The first-order chi connectivity index (χ1) is 8.16. The Kier molecular flexibility index (Phi) is 3.91. The zero-order chi connectivity index (χ0) is 12.3. The van der Waals surface area contributed by atoms with E-state index >= 15 is 0 Å². The predicted octanol–water partition coefficient (Wildman–Crippen LogP) is 2.39. The first-order valence-electron chi connectivity index (χ1n) is 5.80. The van der Waals surface area contributed by atoms with Gasteiger partial charge in [-0.2, -0.15) is 5.10 Å². The van der Waals surface area contributed by atoms with Gasteiger partial charge in [-0.15, -0.1) is 11.3 Å². The largest absolute Gasteiger partial charge is 0.307 e. The van der Waals surface area contributed by atoms with Crippen LogP contribution < -0.4 is 5.32 Å². The van der Waals surface area contributed by atoms with E-state index in [4.69, 9.17) is 0 Å². The molecule has 17 heavy (non-hydrogen) atoms. The van der Waals surface area contributed by atoms with E-state index in [1.807, 2.05) is 36.3 Å². The summed E-state index contributed by atoms with van der Waals surface area (Å²) < 4.78 is 1.98. The molecule has 0 aromatic carbocycles. The third kappa shape index (κ3) is 3.14. The van der Waals surface area contributed by atoms with Crippen LogP contribution in [0.25, 0.3) is 0 Å². The number of thiazole rings is 1. The molecule has 0 aliphatic carbocycles. The smallest absolute Gasteiger partial charge is 0.0897 e. The highest BCUT2D eigenvalue weighted by atomic mass is 32.1. The Balaban J connectivity index is 1.87. The van der Waals surface area contributed by atoms with Crippen LogP contribution in [0.3, 0.4) is 0 Å². The van der Waals surface area contributed by atoms with Crippen molar-refractivity contribution >= 4 is 11.3 Å². The molecule has 0 saturated carbocycles. The number of hydrogen-bond acceptors (Lipinski definition) is 4. The second-order valence-corrected chi connectivity index (χ2v) is 5.56. The van der Waals surface area contributed by atoms with Gasteiger partial charge in [0, 0.05) is 36.1 Å². The monoisotopic (exact) mass is 250 g/mol. The Morgan fingerprint density at radius 3 is 2.88 bits per heavy atom. The van der Waals surface area contributed by atoms with Gasteiger partial charge in [0.2, 0.25) is 0 Å². The Bertz CT molecular complexity index is 449. The molecular formula is C12H18N4S. The number of aryl methyl sites for hydroxylation is 1. The second-order valence-electron chi connectivity index (χ2n) is 4.24. The zero-order valence-electron chi connectivity index (χ0n) is 10.4. The lowest BCUT2D eigenvalue weighted by Crippen LogP contribution is -2.33. The lowest BCUT2D eigenvalue weighted by Gasteiger charge is -2.21. The summed E-state index contributed by atoms with van der Waals surface area (Å²) >= 11 is 1.74. The molecule has 0 unspecified atom stereocenters. The number of hydrogen-bond donors (Lipinski definition) is 1. The summed E-state index contributed by atoms with van der Waals surface area (Å²) in [5.41, 5.74) is 0. The van der Waals surface area contributed by atoms with Crippen LogP contribution in [0.5, 0.6) is 0 Å². The van der Waals surface area contributed by atoms with Gasteiger partial charge in [0.25, 0.3) is 0 Å². The van der Waals surface area contributed by atoms with E-state index in [0.717, 1.165) is 11.6 Å². The maximum absolute atomic E-state index is 4.26. The van der Waals surface area contributed by atoms with Crippen LogP contribution in [0.1, 0.15) is 29.8 Å². The summed E-state index contributed by atoms with van der Waals surface area (Å²) in [6.07, 6.45) is 5.76. The second kappa shape index (κ2) is 5.42. The summed E-state index contributed by atoms with van der Waals surface area (Å²) in [6, 6.07) is 2.67. The summed E-state index contributed by atoms with van der Waals surface area (Å²) in [7, 11) is 0. The van der Waals surface area contributed by atoms with E-state index in [0.29, 0.717) is 12.1 Å². The minimum atomic E-state index is 0.346. The van der Waals surface area contributed by atoms with Crippen LogP contribution in [0.2, 0.25) is 0 Å². The molecule has 0 radical (unpaired) electrons. The van der Waals surface area contributed by atoms with Crippen LogP contribution >= 0.6 is 11.3 Å². The molecule has 2 atom stereocenters. The fourth-order valence-electron chi connectivity index (χ4n) is 1.67. The topological polar surface area (TPSA) is 42.7 Å². The lowest BCUT2D eigenvalue weighted by molar-refractivity contribution is 0.366. The van der Waals surface area contributed by atoms with E-state index in [1.165, 1.54) is 4.88 Å². The van der Waals surface area contributed by atoms with E-state index in [2.05, 4.69) is 29.2 Å². The summed E-state index contributed by atoms with van der Waals surface area (Å²) in [4.78, 5) is 5.53. The highest BCUT2D eigenvalue weighted by Crippen LogP contribution is 2.13. The third-order valence-corrected chi connectivity index (χ3v) is 3.85. The van der Waals surface area contributed by atoms with Gasteiger partial charge in [0.15, 0.2) is 0 Å². The Morgan fingerprint density at radius 1 is 1.47 bits per heavy atom. The molecule has 0 bridgehead atoms. The molecule has 92 valence electrons. The third-order valence-electron chi connectivity index (χ3n) is 2.93. The van der Waals surface area contributed by atoms with Crippen LogP contribution in [-0.2, 0) is 6.54 Å². The highest BCUT2D eigenvalue weighted by Gasteiger charge is 2.13. The number of rotatable bonds is 5. The van der Waals surface area contributed by atoms with Crippen LogP contribution in [0.4, 0.5) is 0 Å². The van der Waals surface area contributed by atoms with Crippen molar-refractivity contribution in [3.05, 3.63) is 34.5 Å². The van der Waals surface area contributed by atoms with E-state index in [-0.39, 0.29) is 0 Å². The number of nitrogens with one attached hydrogen (secondary N) is 1. The maximum Gasteiger partial charge on any atom is 0.0897 e. The fourth-order valence-corrected chi connectivity index (χ4v) is 2.42. The van der Waals surface area contributed by atoms with Gasteiger partial charge >= 0.3 is 0 Å². The van der Waals surface area contributed by atoms with Gasteiger partial charge in [0.05, 0.1) is 11.0 Å². The Labute approximate surface area is 106 Å². The minimum Gasteiger partial charge on any atom is -0.307 e. The van der Waals surface area contributed by atoms with Crippen LogP contribution in [-0.4, -0.2) is 20.8 Å². The van der Waals surface area contributed by atoms with Crippen molar-refractivity contribution in [1.82, 2.24) is 20.1 Å². The van der Waals surface area contributed by atoms with Crippen molar-refractivity contribution in [3.63, 3.8) is 0 Å². The number of nitrogens with zero attached hydrogens (tertiary/aromatic N) is 3. The molecule has 0 spiro atoms. The molecular weight excluding hydrogens is 232 g/mol. The molecule has 5 heteroatoms. The quantitative estimate of drug-likeness (QED) is 0.886. The Morgan fingerprint density at radius 2 is 2.29 bits per heavy atom. The Hall–Kier alpha value is -1.20. The van der Waals surface area contributed by atoms with Crippen molar-refractivity contribution < 1.29 is 0 Å². The molecule has 0 saturated heterocycles. The fraction of sp³-hybridized carbons (Fsp3) is 0.500. The molecule has 2 aromatic rings. The standard InChI is InChI=1S/C12H18N4S/c1-9(10(2)16-6-4-5-15-16)13-7-12-8-14-11(3)17-12/h4-6,8-10,13H,7H2,1-3H3/t9-,10-/m0/s1. The van der Waals surface area contributed by atoms with Gasteiger partial charge in [0.1, 0.15) is 0 Å². The van der Waals surface area contributed by atoms with Crippen molar-refractivity contribution in [2.24, 2.45) is 0 Å². The van der Waals surface area contributed by atoms with Gasteiger partial charge in [-0.25, -0.2) is 4.98 Å². The summed E-state index contributed by atoms with van der Waals surface area (Å²) in [5.74, 6) is 0. The molecule has 0 aliphatic heterocycles. The molecule has 0 fully saturated rings. The first kappa shape index (κ1) is 12.3. The van der Waals surface area contributed by atoms with Crippen LogP contribution in [0, 0.1) is 6.92 Å². The van der Waals surface area contributed by atoms with Gasteiger partial charge in [-0.1, -0.05) is 0 Å². The molecule has 0 amide bonds. The maximum atomic E-state index is 4.26.